The molecule has 0 aliphatic carbocycles. The molecule has 0 bridgehead atoms. The van der Waals surface area contributed by atoms with Crippen LogP contribution in [-0.4, -0.2) is 24.7 Å². The Morgan fingerprint density at radius 1 is 1.33 bits per heavy atom. The first-order valence-electron chi connectivity index (χ1n) is 4.51. The molecule has 0 aromatic carbocycles. The standard InChI is InChI=1S/C9H11ClN4S/c1-9(2,3)15-7-5-6(12-4-11-5)13-8(10)14-7/h4H,1-3H3,(H,11,12,13,14). The van der Waals surface area contributed by atoms with Gasteiger partial charge in [-0.3, -0.25) is 0 Å². The molecule has 2 aromatic rings. The molecule has 0 fully saturated rings. The molecule has 0 aliphatic heterocycles. The van der Waals surface area contributed by atoms with Gasteiger partial charge in [0.2, 0.25) is 5.28 Å². The minimum absolute atomic E-state index is 0.0791. The highest BCUT2D eigenvalue weighted by atomic mass is 35.5. The molecule has 1 N–H and O–H groups in total. The first kappa shape index (κ1) is 10.7. The molecule has 0 saturated carbocycles. The molecule has 15 heavy (non-hydrogen) atoms. The molecule has 2 heterocycles. The number of fused-ring (bicyclic) bond motifs is 1. The van der Waals surface area contributed by atoms with Crippen molar-refractivity contribution in [1.82, 2.24) is 19.9 Å². The molecular formula is C9H11ClN4S. The first-order valence-corrected chi connectivity index (χ1v) is 5.71. The normalized spacial score (nSPS) is 12.3. The summed E-state index contributed by atoms with van der Waals surface area (Å²) in [5, 5.41) is 1.08. The van der Waals surface area contributed by atoms with E-state index in [9.17, 15) is 0 Å². The topological polar surface area (TPSA) is 54.5 Å². The summed E-state index contributed by atoms with van der Waals surface area (Å²) in [6.07, 6.45) is 1.60. The number of nitrogens with zero attached hydrogens (tertiary/aromatic N) is 3. The molecule has 0 atom stereocenters. The summed E-state index contributed by atoms with van der Waals surface area (Å²) in [6, 6.07) is 0. The zero-order valence-corrected chi connectivity index (χ0v) is 10.3. The lowest BCUT2D eigenvalue weighted by molar-refractivity contribution is 0.799. The molecule has 4 nitrogen and oxygen atoms in total. The van der Waals surface area contributed by atoms with Gasteiger partial charge in [-0.25, -0.2) is 9.97 Å². The van der Waals surface area contributed by atoms with Crippen molar-refractivity contribution >= 4 is 34.5 Å². The van der Waals surface area contributed by atoms with Crippen molar-refractivity contribution < 1.29 is 0 Å². The second-order valence-corrected chi connectivity index (χ2v) is 6.27. The SMILES string of the molecule is CC(C)(C)Sc1nc(Cl)nc2nc[nH]c12. The predicted molar refractivity (Wildman–Crippen MR) is 62.3 cm³/mol. The van der Waals surface area contributed by atoms with Crippen molar-refractivity contribution in [1.29, 1.82) is 0 Å². The quantitative estimate of drug-likeness (QED) is 0.475. The van der Waals surface area contributed by atoms with Crippen LogP contribution in [0.25, 0.3) is 11.2 Å². The van der Waals surface area contributed by atoms with E-state index in [4.69, 9.17) is 11.6 Å². The van der Waals surface area contributed by atoms with Gasteiger partial charge in [-0.2, -0.15) is 4.98 Å². The second kappa shape index (κ2) is 3.64. The zero-order valence-electron chi connectivity index (χ0n) is 8.71. The van der Waals surface area contributed by atoms with E-state index >= 15 is 0 Å². The van der Waals surface area contributed by atoms with Crippen molar-refractivity contribution in [2.75, 3.05) is 0 Å². The lowest BCUT2D eigenvalue weighted by atomic mass is 10.3. The molecule has 2 aromatic heterocycles. The number of halogens is 1. The van der Waals surface area contributed by atoms with Gasteiger partial charge in [-0.05, 0) is 11.6 Å². The fourth-order valence-electron chi connectivity index (χ4n) is 1.15. The number of thioether (sulfide) groups is 1. The fourth-order valence-corrected chi connectivity index (χ4v) is 2.32. The van der Waals surface area contributed by atoms with Gasteiger partial charge in [0.1, 0.15) is 10.5 Å². The van der Waals surface area contributed by atoms with E-state index in [0.29, 0.717) is 5.65 Å². The lowest BCUT2D eigenvalue weighted by Crippen LogP contribution is -2.07. The summed E-state index contributed by atoms with van der Waals surface area (Å²) in [6.45, 7) is 6.36. The van der Waals surface area contributed by atoms with Crippen molar-refractivity contribution in [3.8, 4) is 0 Å². The summed E-state index contributed by atoms with van der Waals surface area (Å²) < 4.78 is 0.0791. The molecule has 0 spiro atoms. The summed E-state index contributed by atoms with van der Waals surface area (Å²) in [7, 11) is 0. The van der Waals surface area contributed by atoms with Crippen molar-refractivity contribution in [3.63, 3.8) is 0 Å². The molecule has 0 radical (unpaired) electrons. The highest BCUT2D eigenvalue weighted by Crippen LogP contribution is 2.34. The van der Waals surface area contributed by atoms with E-state index in [1.807, 2.05) is 0 Å². The van der Waals surface area contributed by atoms with Gasteiger partial charge in [0.25, 0.3) is 0 Å². The van der Waals surface area contributed by atoms with E-state index in [0.717, 1.165) is 10.5 Å². The highest BCUT2D eigenvalue weighted by Gasteiger charge is 2.17. The maximum atomic E-state index is 5.82. The molecule has 0 unspecified atom stereocenters. The van der Waals surface area contributed by atoms with E-state index in [-0.39, 0.29) is 10.0 Å². The average molecular weight is 243 g/mol. The van der Waals surface area contributed by atoms with Crippen molar-refractivity contribution in [3.05, 3.63) is 11.6 Å². The maximum Gasteiger partial charge on any atom is 0.225 e. The Bertz CT molecular complexity index is 488. The van der Waals surface area contributed by atoms with Gasteiger partial charge >= 0.3 is 0 Å². The molecular weight excluding hydrogens is 232 g/mol. The number of aromatic nitrogens is 4. The predicted octanol–water partition coefficient (Wildman–Crippen LogP) is 2.90. The Hall–Kier alpha value is -0.810. The minimum atomic E-state index is 0.0791. The van der Waals surface area contributed by atoms with E-state index < -0.39 is 0 Å². The number of rotatable bonds is 1. The van der Waals surface area contributed by atoms with Gasteiger partial charge in [-0.1, -0.05) is 32.5 Å². The number of imidazole rings is 1. The van der Waals surface area contributed by atoms with Crippen LogP contribution < -0.4 is 0 Å². The molecule has 0 amide bonds. The van der Waals surface area contributed by atoms with Crippen LogP contribution in [0.5, 0.6) is 0 Å². The van der Waals surface area contributed by atoms with Crippen LogP contribution in [0.4, 0.5) is 0 Å². The van der Waals surface area contributed by atoms with E-state index in [1.54, 1.807) is 18.1 Å². The summed E-state index contributed by atoms with van der Waals surface area (Å²) >= 11 is 7.46. The second-order valence-electron chi connectivity index (χ2n) is 4.11. The number of H-pyrrole nitrogens is 1. The number of hydrogen-bond donors (Lipinski definition) is 1. The van der Waals surface area contributed by atoms with Gasteiger partial charge < -0.3 is 4.98 Å². The van der Waals surface area contributed by atoms with Gasteiger partial charge in [0.05, 0.1) is 6.33 Å². The molecule has 0 aliphatic rings. The number of aromatic amines is 1. The van der Waals surface area contributed by atoms with Crippen molar-refractivity contribution in [2.24, 2.45) is 0 Å². The van der Waals surface area contributed by atoms with Crippen LogP contribution in [-0.2, 0) is 0 Å². The van der Waals surface area contributed by atoms with Crippen LogP contribution in [0.2, 0.25) is 5.28 Å². The molecule has 0 saturated heterocycles. The minimum Gasteiger partial charge on any atom is -0.341 e. The Labute approximate surface area is 96.9 Å². The third-order valence-electron chi connectivity index (χ3n) is 1.63. The largest absolute Gasteiger partial charge is 0.341 e. The van der Waals surface area contributed by atoms with Crippen molar-refractivity contribution in [2.45, 2.75) is 30.5 Å². The van der Waals surface area contributed by atoms with E-state index in [1.165, 1.54) is 0 Å². The smallest absolute Gasteiger partial charge is 0.225 e. The number of nitrogens with one attached hydrogen (secondary N) is 1. The monoisotopic (exact) mass is 242 g/mol. The molecule has 2 rings (SSSR count). The number of hydrogen-bond acceptors (Lipinski definition) is 4. The van der Waals surface area contributed by atoms with Gasteiger partial charge in [-0.15, -0.1) is 0 Å². The fraction of sp³-hybridized carbons (Fsp3) is 0.444. The lowest BCUT2D eigenvalue weighted by Gasteiger charge is -2.16. The maximum absolute atomic E-state index is 5.82. The summed E-state index contributed by atoms with van der Waals surface area (Å²) in [4.78, 5) is 15.3. The summed E-state index contributed by atoms with van der Waals surface area (Å²) in [5.74, 6) is 0. The van der Waals surface area contributed by atoms with Gasteiger partial charge in [0.15, 0.2) is 5.65 Å². The summed E-state index contributed by atoms with van der Waals surface area (Å²) in [5.41, 5.74) is 1.46. The Morgan fingerprint density at radius 2 is 2.07 bits per heavy atom. The van der Waals surface area contributed by atoms with Gasteiger partial charge in [0, 0.05) is 4.75 Å². The van der Waals surface area contributed by atoms with Crippen LogP contribution in [0, 0.1) is 0 Å². The van der Waals surface area contributed by atoms with Crippen LogP contribution in [0.3, 0.4) is 0 Å². The Balaban J connectivity index is 2.53. The highest BCUT2D eigenvalue weighted by molar-refractivity contribution is 8.00. The average Bonchev–Trinajstić information content (AvgIpc) is 2.48. The Morgan fingerprint density at radius 3 is 2.73 bits per heavy atom. The van der Waals surface area contributed by atoms with Crippen LogP contribution in [0.1, 0.15) is 20.8 Å². The third-order valence-corrected chi connectivity index (χ3v) is 2.90. The third kappa shape index (κ3) is 2.41. The Kier molecular flexibility index (Phi) is 2.60. The van der Waals surface area contributed by atoms with Crippen LogP contribution in [0.15, 0.2) is 11.4 Å². The molecule has 6 heteroatoms. The van der Waals surface area contributed by atoms with E-state index in [2.05, 4.69) is 40.7 Å². The van der Waals surface area contributed by atoms with Crippen LogP contribution >= 0.6 is 23.4 Å². The first-order chi connectivity index (χ1) is 6.96. The molecule has 80 valence electrons. The zero-order chi connectivity index (χ0) is 11.1.